The van der Waals surface area contributed by atoms with Gasteiger partial charge in [0.15, 0.2) is 0 Å². The molecule has 1 atom stereocenters. The van der Waals surface area contributed by atoms with Crippen molar-refractivity contribution >= 4 is 5.91 Å². The molecule has 2 aromatic rings. The highest BCUT2D eigenvalue weighted by atomic mass is 16.5. The number of aromatic nitrogens is 2. The smallest absolute Gasteiger partial charge is 0.247 e. The van der Waals surface area contributed by atoms with Gasteiger partial charge in [-0.2, -0.15) is 0 Å². The molecule has 3 rings (SSSR count). The summed E-state index contributed by atoms with van der Waals surface area (Å²) in [4.78, 5) is 14.3. The molecule has 1 aromatic heterocycles. The molecule has 25 heavy (non-hydrogen) atoms. The monoisotopic (exact) mass is 343 g/mol. The van der Waals surface area contributed by atoms with E-state index in [0.29, 0.717) is 37.1 Å². The maximum absolute atomic E-state index is 12.4. The van der Waals surface area contributed by atoms with Gasteiger partial charge in [0, 0.05) is 44.0 Å². The van der Waals surface area contributed by atoms with Gasteiger partial charge in [0.05, 0.1) is 6.61 Å². The van der Waals surface area contributed by atoms with Crippen LogP contribution in [0.25, 0.3) is 11.5 Å². The van der Waals surface area contributed by atoms with Gasteiger partial charge in [-0.3, -0.25) is 4.79 Å². The highest BCUT2D eigenvalue weighted by Gasteiger charge is 2.22. The Morgan fingerprint density at radius 1 is 1.28 bits per heavy atom. The van der Waals surface area contributed by atoms with E-state index in [1.54, 1.807) is 0 Å². The molecule has 0 bridgehead atoms. The van der Waals surface area contributed by atoms with E-state index in [1.165, 1.54) is 5.56 Å². The molecule has 1 aromatic carbocycles. The first kappa shape index (κ1) is 17.6. The molecule has 0 aliphatic carbocycles. The van der Waals surface area contributed by atoms with Crippen molar-refractivity contribution in [2.45, 2.75) is 33.1 Å². The number of rotatable bonds is 7. The average Bonchev–Trinajstić information content (AvgIpc) is 3.30. The first-order valence-corrected chi connectivity index (χ1v) is 8.90. The summed E-state index contributed by atoms with van der Waals surface area (Å²) in [7, 11) is 0. The maximum atomic E-state index is 12.4. The normalized spacial score (nSPS) is 17.0. The number of benzene rings is 1. The number of carbonyl (C=O) groups excluding carboxylic acids is 1. The maximum Gasteiger partial charge on any atom is 0.247 e. The number of aryl methyl sites for hydroxylation is 2. The lowest BCUT2D eigenvalue weighted by atomic mass is 10.1. The molecule has 1 fully saturated rings. The molecule has 0 spiro atoms. The molecule has 0 radical (unpaired) electrons. The van der Waals surface area contributed by atoms with E-state index in [-0.39, 0.29) is 5.91 Å². The van der Waals surface area contributed by atoms with Crippen molar-refractivity contribution in [1.82, 2.24) is 15.1 Å². The fourth-order valence-electron chi connectivity index (χ4n) is 2.99. The molecular formula is C19H25N3O3. The van der Waals surface area contributed by atoms with E-state index in [1.807, 2.05) is 43.0 Å². The van der Waals surface area contributed by atoms with Gasteiger partial charge in [-0.05, 0) is 32.4 Å². The molecule has 0 saturated carbocycles. The fourth-order valence-corrected chi connectivity index (χ4v) is 2.99. The zero-order chi connectivity index (χ0) is 17.6. The Morgan fingerprint density at radius 3 is 2.76 bits per heavy atom. The van der Waals surface area contributed by atoms with Crippen molar-refractivity contribution in [2.24, 2.45) is 5.92 Å². The summed E-state index contributed by atoms with van der Waals surface area (Å²) < 4.78 is 11.1. The number of amides is 1. The van der Waals surface area contributed by atoms with Gasteiger partial charge in [0.25, 0.3) is 0 Å². The van der Waals surface area contributed by atoms with Crippen molar-refractivity contribution in [3.05, 3.63) is 35.7 Å². The van der Waals surface area contributed by atoms with E-state index in [9.17, 15) is 4.79 Å². The second-order valence-electron chi connectivity index (χ2n) is 6.53. The van der Waals surface area contributed by atoms with E-state index in [4.69, 9.17) is 9.15 Å². The van der Waals surface area contributed by atoms with Crippen LogP contribution in [0.2, 0.25) is 0 Å². The van der Waals surface area contributed by atoms with Crippen molar-refractivity contribution in [3.63, 3.8) is 0 Å². The van der Waals surface area contributed by atoms with Gasteiger partial charge in [0.2, 0.25) is 17.7 Å². The standard InChI is InChI=1S/C19H25N3O3/c1-3-22(12-15-10-11-24-13-15)18(23)9-8-17-20-21-19(25-17)16-6-4-14(2)5-7-16/h4-7,15H,3,8-13H2,1-2H3. The Balaban J connectivity index is 1.53. The van der Waals surface area contributed by atoms with E-state index in [0.717, 1.165) is 31.7 Å². The van der Waals surface area contributed by atoms with Crippen LogP contribution < -0.4 is 0 Å². The highest BCUT2D eigenvalue weighted by molar-refractivity contribution is 5.76. The molecule has 134 valence electrons. The topological polar surface area (TPSA) is 68.5 Å². The molecule has 1 amide bonds. The third-order valence-electron chi connectivity index (χ3n) is 4.56. The van der Waals surface area contributed by atoms with Crippen molar-refractivity contribution in [3.8, 4) is 11.5 Å². The molecule has 1 aliphatic heterocycles. The minimum Gasteiger partial charge on any atom is -0.421 e. The van der Waals surface area contributed by atoms with E-state index < -0.39 is 0 Å². The summed E-state index contributed by atoms with van der Waals surface area (Å²) in [5.74, 6) is 1.59. The summed E-state index contributed by atoms with van der Waals surface area (Å²) >= 11 is 0. The SMILES string of the molecule is CCN(CC1CCOC1)C(=O)CCc1nnc(-c2ccc(C)cc2)o1. The second-order valence-corrected chi connectivity index (χ2v) is 6.53. The minimum atomic E-state index is 0.129. The van der Waals surface area contributed by atoms with Gasteiger partial charge in [-0.15, -0.1) is 10.2 Å². The van der Waals surface area contributed by atoms with Crippen molar-refractivity contribution < 1.29 is 13.9 Å². The Bertz CT molecular complexity index is 690. The quantitative estimate of drug-likeness (QED) is 0.773. The molecule has 1 aliphatic rings. The Labute approximate surface area is 148 Å². The first-order chi connectivity index (χ1) is 12.2. The van der Waals surface area contributed by atoms with Crippen LogP contribution in [0.15, 0.2) is 28.7 Å². The Kier molecular flexibility index (Phi) is 5.81. The zero-order valence-corrected chi connectivity index (χ0v) is 14.9. The van der Waals surface area contributed by atoms with Gasteiger partial charge in [-0.25, -0.2) is 0 Å². The van der Waals surface area contributed by atoms with Gasteiger partial charge >= 0.3 is 0 Å². The number of nitrogens with zero attached hydrogens (tertiary/aromatic N) is 3. The van der Waals surface area contributed by atoms with E-state index in [2.05, 4.69) is 10.2 Å². The third kappa shape index (κ3) is 4.66. The van der Waals surface area contributed by atoms with Crippen molar-refractivity contribution in [2.75, 3.05) is 26.3 Å². The van der Waals surface area contributed by atoms with Crippen molar-refractivity contribution in [1.29, 1.82) is 0 Å². The molecule has 6 nitrogen and oxygen atoms in total. The molecule has 0 N–H and O–H groups in total. The lowest BCUT2D eigenvalue weighted by Crippen LogP contribution is -2.35. The van der Waals surface area contributed by atoms with Crippen LogP contribution in [-0.2, 0) is 16.0 Å². The van der Waals surface area contributed by atoms with Crippen LogP contribution >= 0.6 is 0 Å². The molecule has 2 heterocycles. The van der Waals surface area contributed by atoms with Crippen LogP contribution in [0.5, 0.6) is 0 Å². The first-order valence-electron chi connectivity index (χ1n) is 8.90. The average molecular weight is 343 g/mol. The van der Waals surface area contributed by atoms with E-state index >= 15 is 0 Å². The molecular weight excluding hydrogens is 318 g/mol. The predicted molar refractivity (Wildman–Crippen MR) is 94.0 cm³/mol. The summed E-state index contributed by atoms with van der Waals surface area (Å²) in [5, 5.41) is 8.15. The lowest BCUT2D eigenvalue weighted by Gasteiger charge is -2.23. The minimum absolute atomic E-state index is 0.129. The summed E-state index contributed by atoms with van der Waals surface area (Å²) in [6.45, 7) is 7.09. The summed E-state index contributed by atoms with van der Waals surface area (Å²) in [5.41, 5.74) is 2.08. The highest BCUT2D eigenvalue weighted by Crippen LogP contribution is 2.19. The zero-order valence-electron chi connectivity index (χ0n) is 14.9. The second kappa shape index (κ2) is 8.25. The van der Waals surface area contributed by atoms with Gasteiger partial charge in [0.1, 0.15) is 0 Å². The predicted octanol–water partition coefficient (Wildman–Crippen LogP) is 2.86. The Morgan fingerprint density at radius 2 is 2.08 bits per heavy atom. The van der Waals surface area contributed by atoms with Crippen LogP contribution in [-0.4, -0.2) is 47.3 Å². The largest absolute Gasteiger partial charge is 0.421 e. The van der Waals surface area contributed by atoms with Gasteiger partial charge in [-0.1, -0.05) is 17.7 Å². The third-order valence-corrected chi connectivity index (χ3v) is 4.56. The molecule has 1 unspecified atom stereocenters. The number of hydrogen-bond acceptors (Lipinski definition) is 5. The number of hydrogen-bond donors (Lipinski definition) is 0. The van der Waals surface area contributed by atoms with Gasteiger partial charge < -0.3 is 14.1 Å². The summed E-state index contributed by atoms with van der Waals surface area (Å²) in [6, 6.07) is 7.93. The number of carbonyl (C=O) groups is 1. The lowest BCUT2D eigenvalue weighted by molar-refractivity contribution is -0.131. The van der Waals surface area contributed by atoms with Crippen LogP contribution in [0.1, 0.15) is 31.2 Å². The van der Waals surface area contributed by atoms with Crippen LogP contribution in [0, 0.1) is 12.8 Å². The Hall–Kier alpha value is -2.21. The molecule has 1 saturated heterocycles. The van der Waals surface area contributed by atoms with Crippen LogP contribution in [0.3, 0.4) is 0 Å². The van der Waals surface area contributed by atoms with Crippen LogP contribution in [0.4, 0.5) is 0 Å². The number of ether oxygens (including phenoxy) is 1. The summed E-state index contributed by atoms with van der Waals surface area (Å²) in [6.07, 6.45) is 1.89. The molecule has 6 heteroatoms. The fraction of sp³-hybridized carbons (Fsp3) is 0.526.